The molecule has 4 aromatic rings. The molecule has 2 aromatic carbocycles. The van der Waals surface area contributed by atoms with Crippen molar-refractivity contribution in [2.24, 2.45) is 0 Å². The van der Waals surface area contributed by atoms with E-state index in [1.807, 2.05) is 30.3 Å². The Morgan fingerprint density at radius 2 is 1.90 bits per heavy atom. The van der Waals surface area contributed by atoms with E-state index >= 15 is 0 Å². The summed E-state index contributed by atoms with van der Waals surface area (Å²) in [6, 6.07) is 13.0. The number of fused-ring (bicyclic) bond motifs is 3. The summed E-state index contributed by atoms with van der Waals surface area (Å²) in [5.74, 6) is 0.561. The van der Waals surface area contributed by atoms with Crippen LogP contribution in [0.2, 0.25) is 0 Å². The molecule has 0 unspecified atom stereocenters. The number of H-pyrrole nitrogens is 1. The summed E-state index contributed by atoms with van der Waals surface area (Å²) in [7, 11) is 0. The molecular weight excluding hydrogens is 379 g/mol. The van der Waals surface area contributed by atoms with Crippen molar-refractivity contribution in [1.29, 1.82) is 0 Å². The lowest BCUT2D eigenvalue weighted by molar-refractivity contribution is 0.621. The predicted molar refractivity (Wildman–Crippen MR) is 90.3 cm³/mol. The number of hydrogen-bond donors (Lipinski definition) is 1. The Hall–Kier alpha value is -2.15. The lowest BCUT2D eigenvalue weighted by Gasteiger charge is -2.04. The third kappa shape index (κ3) is 2.04. The number of hydrogen-bond acceptors (Lipinski definition) is 3. The molecule has 0 fully saturated rings. The van der Waals surface area contributed by atoms with E-state index in [2.05, 4.69) is 32.8 Å². The van der Waals surface area contributed by atoms with Crippen molar-refractivity contribution >= 4 is 44.5 Å². The first-order chi connectivity index (χ1) is 10.2. The third-order valence-electron chi connectivity index (χ3n) is 3.44. The predicted octanol–water partition coefficient (Wildman–Crippen LogP) is 3.94. The quantitative estimate of drug-likeness (QED) is 0.503. The average molecular weight is 388 g/mol. The molecule has 21 heavy (non-hydrogen) atoms. The van der Waals surface area contributed by atoms with Gasteiger partial charge < -0.3 is 4.42 Å². The second-order valence-electron chi connectivity index (χ2n) is 4.76. The molecule has 0 bridgehead atoms. The van der Waals surface area contributed by atoms with Gasteiger partial charge in [-0.05, 0) is 40.8 Å². The summed E-state index contributed by atoms with van der Waals surface area (Å²) in [5.41, 5.74) is 2.12. The van der Waals surface area contributed by atoms with Crippen molar-refractivity contribution in [3.63, 3.8) is 0 Å². The van der Waals surface area contributed by atoms with Crippen LogP contribution in [0.15, 0.2) is 57.9 Å². The molecule has 102 valence electrons. The number of nitrogens with zero attached hydrogens (tertiary/aromatic N) is 1. The maximum absolute atomic E-state index is 12.3. The minimum absolute atomic E-state index is 0.0544. The molecular formula is C16H9IN2O2. The highest BCUT2D eigenvalue weighted by Gasteiger charge is 2.11. The highest BCUT2D eigenvalue weighted by Crippen LogP contribution is 2.26. The van der Waals surface area contributed by atoms with Crippen molar-refractivity contribution in [2.75, 3.05) is 0 Å². The topological polar surface area (TPSA) is 58.9 Å². The average Bonchev–Trinajstić information content (AvgIpc) is 2.96. The maximum Gasteiger partial charge on any atom is 0.193 e. The first-order valence-electron chi connectivity index (χ1n) is 6.38. The van der Waals surface area contributed by atoms with E-state index in [1.54, 1.807) is 12.3 Å². The van der Waals surface area contributed by atoms with E-state index in [1.165, 1.54) is 6.07 Å². The summed E-state index contributed by atoms with van der Waals surface area (Å²) in [6.45, 7) is 0. The molecule has 2 heterocycles. The van der Waals surface area contributed by atoms with E-state index in [9.17, 15) is 4.79 Å². The molecule has 0 spiro atoms. The van der Waals surface area contributed by atoms with Crippen LogP contribution < -0.4 is 5.43 Å². The molecule has 4 nitrogen and oxygen atoms in total. The van der Waals surface area contributed by atoms with Crippen molar-refractivity contribution in [1.82, 2.24) is 10.2 Å². The first kappa shape index (κ1) is 12.6. The van der Waals surface area contributed by atoms with Gasteiger partial charge in [-0.2, -0.15) is 5.10 Å². The number of aromatic nitrogens is 2. The van der Waals surface area contributed by atoms with Gasteiger partial charge >= 0.3 is 0 Å². The normalized spacial score (nSPS) is 11.3. The van der Waals surface area contributed by atoms with Gasteiger partial charge in [0.15, 0.2) is 11.0 Å². The molecule has 2 aromatic heterocycles. The summed E-state index contributed by atoms with van der Waals surface area (Å²) in [4.78, 5) is 12.3. The summed E-state index contributed by atoms with van der Waals surface area (Å²) >= 11 is 2.24. The van der Waals surface area contributed by atoms with Crippen molar-refractivity contribution < 1.29 is 4.42 Å². The van der Waals surface area contributed by atoms with E-state index in [-0.39, 0.29) is 5.43 Å². The summed E-state index contributed by atoms with van der Waals surface area (Å²) < 4.78 is 7.10. The first-order valence-corrected chi connectivity index (χ1v) is 7.46. The van der Waals surface area contributed by atoms with Crippen LogP contribution >= 0.6 is 22.6 Å². The van der Waals surface area contributed by atoms with Crippen LogP contribution in [0.1, 0.15) is 0 Å². The smallest absolute Gasteiger partial charge is 0.193 e. The van der Waals surface area contributed by atoms with Gasteiger partial charge in [-0.15, -0.1) is 0 Å². The molecule has 0 saturated heterocycles. The molecule has 0 aliphatic carbocycles. The number of benzene rings is 2. The Morgan fingerprint density at radius 1 is 1.10 bits per heavy atom. The molecule has 1 N–H and O–H groups in total. The molecule has 0 saturated carbocycles. The fraction of sp³-hybridized carbons (Fsp3) is 0. The molecule has 0 atom stereocenters. The van der Waals surface area contributed by atoms with Crippen molar-refractivity contribution in [3.8, 4) is 11.3 Å². The van der Waals surface area contributed by atoms with E-state index < -0.39 is 0 Å². The van der Waals surface area contributed by atoms with Gasteiger partial charge in [-0.3, -0.25) is 9.89 Å². The molecule has 4 rings (SSSR count). The van der Waals surface area contributed by atoms with Gasteiger partial charge in [0.2, 0.25) is 0 Å². The lowest BCUT2D eigenvalue weighted by Crippen LogP contribution is -2.00. The summed E-state index contributed by atoms with van der Waals surface area (Å²) in [5, 5.41) is 8.38. The fourth-order valence-corrected chi connectivity index (χ4v) is 2.74. The van der Waals surface area contributed by atoms with E-state index in [0.717, 1.165) is 20.0 Å². The van der Waals surface area contributed by atoms with E-state index in [0.29, 0.717) is 16.7 Å². The molecule has 0 aliphatic rings. The van der Waals surface area contributed by atoms with Crippen LogP contribution in [0.3, 0.4) is 0 Å². The van der Waals surface area contributed by atoms with Gasteiger partial charge in [-0.25, -0.2) is 0 Å². The van der Waals surface area contributed by atoms with Crippen molar-refractivity contribution in [2.45, 2.75) is 0 Å². The Kier molecular flexibility index (Phi) is 2.81. The molecule has 0 aliphatic heterocycles. The lowest BCUT2D eigenvalue weighted by atomic mass is 10.1. The minimum Gasteiger partial charge on any atom is -0.454 e. The number of aromatic amines is 1. The zero-order valence-corrected chi connectivity index (χ0v) is 12.9. The minimum atomic E-state index is -0.0544. The zero-order chi connectivity index (χ0) is 14.4. The standard InChI is InChI=1S/C16H9IN2O2/c17-11-4-1-9(2-5-11)14-7-13(20)12-6-3-10-8-18-19-15(10)16(12)21-14/h1-8H,(H,18,19). The summed E-state index contributed by atoms with van der Waals surface area (Å²) in [6.07, 6.45) is 1.71. The van der Waals surface area contributed by atoms with Gasteiger partial charge in [0.25, 0.3) is 0 Å². The molecule has 0 radical (unpaired) electrons. The SMILES string of the molecule is O=c1cc(-c2ccc(I)cc2)oc2c1ccc1cn[nH]c12. The molecule has 0 amide bonds. The van der Waals surface area contributed by atoms with Crippen LogP contribution in [0.4, 0.5) is 0 Å². The van der Waals surface area contributed by atoms with Crippen molar-refractivity contribution in [3.05, 3.63) is 62.5 Å². The number of rotatable bonds is 1. The third-order valence-corrected chi connectivity index (χ3v) is 4.16. The largest absolute Gasteiger partial charge is 0.454 e. The Bertz CT molecular complexity index is 1020. The zero-order valence-electron chi connectivity index (χ0n) is 10.8. The Morgan fingerprint density at radius 3 is 2.71 bits per heavy atom. The van der Waals surface area contributed by atoms with Crippen LogP contribution in [0, 0.1) is 3.57 Å². The highest BCUT2D eigenvalue weighted by molar-refractivity contribution is 14.1. The molecule has 5 heteroatoms. The van der Waals surface area contributed by atoms with Gasteiger partial charge in [0.05, 0.1) is 11.6 Å². The van der Waals surface area contributed by atoms with Gasteiger partial charge in [0, 0.05) is 20.6 Å². The number of halogens is 1. The number of nitrogens with one attached hydrogen (secondary N) is 1. The van der Waals surface area contributed by atoms with Crippen LogP contribution in [-0.4, -0.2) is 10.2 Å². The van der Waals surface area contributed by atoms with Gasteiger partial charge in [0.1, 0.15) is 11.3 Å². The highest BCUT2D eigenvalue weighted by atomic mass is 127. The second kappa shape index (κ2) is 4.70. The van der Waals surface area contributed by atoms with Crippen LogP contribution in [0.5, 0.6) is 0 Å². The van der Waals surface area contributed by atoms with Crippen LogP contribution in [-0.2, 0) is 0 Å². The Labute approximate surface area is 132 Å². The fourth-order valence-electron chi connectivity index (χ4n) is 2.38. The van der Waals surface area contributed by atoms with E-state index in [4.69, 9.17) is 4.42 Å². The monoisotopic (exact) mass is 388 g/mol. The second-order valence-corrected chi connectivity index (χ2v) is 6.00. The van der Waals surface area contributed by atoms with Crippen LogP contribution in [0.25, 0.3) is 33.2 Å². The maximum atomic E-state index is 12.3. The van der Waals surface area contributed by atoms with Gasteiger partial charge in [-0.1, -0.05) is 18.2 Å². The Balaban J connectivity index is 2.07.